The molecule has 3 aliphatic heterocycles. The van der Waals surface area contributed by atoms with Gasteiger partial charge in [0, 0.05) is 68.7 Å². The van der Waals surface area contributed by atoms with E-state index in [0.29, 0.717) is 64.2 Å². The van der Waals surface area contributed by atoms with Crippen molar-refractivity contribution in [1.29, 1.82) is 5.26 Å². The van der Waals surface area contributed by atoms with Crippen molar-refractivity contribution in [3.8, 4) is 17.6 Å². The minimum Gasteiger partial charge on any atom is -0.490 e. The largest absolute Gasteiger partial charge is 0.490 e. The second kappa shape index (κ2) is 17.1. The van der Waals surface area contributed by atoms with E-state index < -0.39 is 12.3 Å². The van der Waals surface area contributed by atoms with Crippen molar-refractivity contribution in [1.82, 2.24) is 30.4 Å². The number of nitrogens with one attached hydrogen (secondary N) is 2. The summed E-state index contributed by atoms with van der Waals surface area (Å²) in [5.74, 6) is 2.24. The molecular formula is C46H55ClN8O6. The number of anilines is 1. The number of hydrogen-bond donors (Lipinski definition) is 3. The summed E-state index contributed by atoms with van der Waals surface area (Å²) in [6.07, 6.45) is 12.0. The van der Waals surface area contributed by atoms with E-state index in [1.165, 1.54) is 0 Å². The zero-order valence-corrected chi connectivity index (χ0v) is 35.6. The number of nitriles is 1. The highest BCUT2D eigenvalue weighted by Gasteiger charge is 2.61. The molecule has 0 radical (unpaired) electrons. The Morgan fingerprint density at radius 2 is 1.72 bits per heavy atom. The molecule has 1 aromatic heterocycles. The van der Waals surface area contributed by atoms with Crippen molar-refractivity contribution < 1.29 is 29.0 Å². The number of amides is 3. The van der Waals surface area contributed by atoms with Gasteiger partial charge in [-0.25, -0.2) is 9.97 Å². The molecule has 15 heteroatoms. The van der Waals surface area contributed by atoms with Gasteiger partial charge >= 0.3 is 0 Å². The van der Waals surface area contributed by atoms with E-state index in [0.717, 1.165) is 95.2 Å². The molecule has 3 aliphatic carbocycles. The second-order valence-electron chi connectivity index (χ2n) is 18.2. The summed E-state index contributed by atoms with van der Waals surface area (Å²) in [5.41, 5.74) is 2.02. The number of aliphatic hydroxyl groups is 1. The molecule has 9 rings (SSSR count). The first kappa shape index (κ1) is 41.4. The third-order valence-electron chi connectivity index (χ3n) is 14.0. The Bertz CT molecular complexity index is 2170. The number of carbonyl (C=O) groups excluding carboxylic acids is 3. The van der Waals surface area contributed by atoms with Crippen molar-refractivity contribution in [2.75, 3.05) is 24.5 Å². The van der Waals surface area contributed by atoms with Crippen LogP contribution in [0.3, 0.4) is 0 Å². The average molecular weight is 851 g/mol. The summed E-state index contributed by atoms with van der Waals surface area (Å²) in [4.78, 5) is 54.6. The van der Waals surface area contributed by atoms with Crippen LogP contribution in [0.1, 0.15) is 123 Å². The molecule has 2 aromatic carbocycles. The van der Waals surface area contributed by atoms with E-state index in [-0.39, 0.29) is 41.5 Å². The zero-order valence-electron chi connectivity index (χ0n) is 34.9. The van der Waals surface area contributed by atoms with Crippen LogP contribution in [0.5, 0.6) is 11.5 Å². The first-order valence-corrected chi connectivity index (χ1v) is 22.5. The molecule has 61 heavy (non-hydrogen) atoms. The third kappa shape index (κ3) is 8.49. The van der Waals surface area contributed by atoms with Crippen LogP contribution in [-0.4, -0.2) is 105 Å². The SMILES string of the molecule is CC(C)N(CC1CCN(c2cnc(C(=O)NC3CCC(Oc4ccc(C#N)c(Cl)c4)CC3)cn2)CC1)C1CC(Oc2ccc3c(c2)C(=O)N(C2CCC(=O)NC2O)C32CC2)C1. The first-order valence-electron chi connectivity index (χ1n) is 22.1. The smallest absolute Gasteiger partial charge is 0.271 e. The van der Waals surface area contributed by atoms with Crippen LogP contribution in [0.4, 0.5) is 5.82 Å². The Morgan fingerprint density at radius 1 is 1.00 bits per heavy atom. The Kier molecular flexibility index (Phi) is 11.6. The lowest BCUT2D eigenvalue weighted by Gasteiger charge is -2.46. The number of ether oxygens (including phenoxy) is 2. The zero-order chi connectivity index (χ0) is 42.4. The molecule has 5 fully saturated rings. The van der Waals surface area contributed by atoms with Crippen LogP contribution in [0.25, 0.3) is 0 Å². The fourth-order valence-corrected chi connectivity index (χ4v) is 10.5. The summed E-state index contributed by atoms with van der Waals surface area (Å²) < 4.78 is 12.6. The maximum Gasteiger partial charge on any atom is 0.271 e. The molecule has 2 saturated heterocycles. The highest BCUT2D eigenvalue weighted by molar-refractivity contribution is 6.31. The van der Waals surface area contributed by atoms with Gasteiger partial charge in [0.25, 0.3) is 11.8 Å². The summed E-state index contributed by atoms with van der Waals surface area (Å²) in [5, 5.41) is 25.9. The summed E-state index contributed by atoms with van der Waals surface area (Å²) in [6, 6.07) is 13.5. The molecule has 3 amide bonds. The van der Waals surface area contributed by atoms with E-state index in [1.54, 1.807) is 30.6 Å². The van der Waals surface area contributed by atoms with Gasteiger partial charge in [-0.05, 0) is 107 Å². The van der Waals surface area contributed by atoms with Crippen LogP contribution in [-0.2, 0) is 10.3 Å². The molecule has 0 bridgehead atoms. The van der Waals surface area contributed by atoms with Crippen LogP contribution in [0.15, 0.2) is 48.8 Å². The molecule has 1 spiro atoms. The lowest BCUT2D eigenvalue weighted by molar-refractivity contribution is -0.130. The number of aromatic nitrogens is 2. The lowest BCUT2D eigenvalue weighted by atomic mass is 9.85. The monoisotopic (exact) mass is 850 g/mol. The number of nitrogens with zero attached hydrogens (tertiary/aromatic N) is 6. The Balaban J connectivity index is 0.709. The van der Waals surface area contributed by atoms with Crippen molar-refractivity contribution >= 4 is 35.1 Å². The van der Waals surface area contributed by atoms with Crippen molar-refractivity contribution in [3.63, 3.8) is 0 Å². The number of carbonyl (C=O) groups is 3. The number of rotatable bonds is 12. The first-order chi connectivity index (χ1) is 29.5. The highest BCUT2D eigenvalue weighted by atomic mass is 35.5. The highest BCUT2D eigenvalue weighted by Crippen LogP contribution is 2.58. The fraction of sp³-hybridized carbons (Fsp3) is 0.565. The molecule has 3 saturated carbocycles. The van der Waals surface area contributed by atoms with Gasteiger partial charge in [-0.15, -0.1) is 0 Å². The Hall–Kier alpha value is -4.97. The van der Waals surface area contributed by atoms with Crippen LogP contribution in [0, 0.1) is 17.2 Å². The summed E-state index contributed by atoms with van der Waals surface area (Å²) in [6.45, 7) is 7.34. The topological polar surface area (TPSA) is 173 Å². The number of piperidine rings is 2. The van der Waals surface area contributed by atoms with Gasteiger partial charge in [-0.3, -0.25) is 19.3 Å². The maximum absolute atomic E-state index is 13.8. The molecule has 6 aliphatic rings. The van der Waals surface area contributed by atoms with Gasteiger partial charge in [0.15, 0.2) is 0 Å². The van der Waals surface area contributed by atoms with E-state index in [2.05, 4.69) is 50.3 Å². The predicted molar refractivity (Wildman–Crippen MR) is 227 cm³/mol. The minimum absolute atomic E-state index is 0.0255. The number of hydrogen-bond acceptors (Lipinski definition) is 11. The second-order valence-corrected chi connectivity index (χ2v) is 18.6. The fourth-order valence-electron chi connectivity index (χ4n) is 10.3. The van der Waals surface area contributed by atoms with E-state index in [1.807, 2.05) is 23.1 Å². The third-order valence-corrected chi connectivity index (χ3v) is 14.3. The van der Waals surface area contributed by atoms with E-state index in [4.69, 9.17) is 26.3 Å². The van der Waals surface area contributed by atoms with E-state index in [9.17, 15) is 19.5 Å². The van der Waals surface area contributed by atoms with Gasteiger partial charge in [0.2, 0.25) is 5.91 Å². The standard InChI is InChI=1S/C46H55ClN8O6/c1-27(2)54(31-19-35(20-31)61-33-9-10-37-36(21-33)45(59)55(46(37)15-16-46)40-11-12-42(56)52-44(40)58)26-28-13-17-53(18-14-28)41-25-49-39(24-50-41)43(57)51-30-4-7-32(8-5-30)60-34-6-3-29(23-48)38(47)22-34/h3,6,9-10,21-22,24-25,27-28,30-32,35,40,44,58H,4-5,7-8,11-20,26H2,1-2H3,(H,51,57)(H,52,56). The predicted octanol–water partition coefficient (Wildman–Crippen LogP) is 5.70. The molecule has 4 heterocycles. The normalized spacial score (nSPS) is 27.0. The minimum atomic E-state index is -1.06. The summed E-state index contributed by atoms with van der Waals surface area (Å²) >= 11 is 6.16. The summed E-state index contributed by atoms with van der Waals surface area (Å²) in [7, 11) is 0. The number of benzene rings is 2. The van der Waals surface area contributed by atoms with Gasteiger partial charge in [0.1, 0.15) is 41.4 Å². The van der Waals surface area contributed by atoms with Crippen LogP contribution >= 0.6 is 11.6 Å². The Labute approximate surface area is 361 Å². The average Bonchev–Trinajstić information content (AvgIpc) is 4.00. The number of fused-ring (bicyclic) bond motifs is 2. The van der Waals surface area contributed by atoms with Gasteiger partial charge in [0.05, 0.1) is 40.7 Å². The quantitative estimate of drug-likeness (QED) is 0.204. The molecule has 2 unspecified atom stereocenters. The van der Waals surface area contributed by atoms with Crippen LogP contribution < -0.4 is 25.0 Å². The van der Waals surface area contributed by atoms with Crippen molar-refractivity contribution in [2.24, 2.45) is 5.92 Å². The van der Waals surface area contributed by atoms with E-state index >= 15 is 0 Å². The van der Waals surface area contributed by atoms with Gasteiger partial charge < -0.3 is 35.0 Å². The molecule has 3 aromatic rings. The van der Waals surface area contributed by atoms with Gasteiger partial charge in [-0.2, -0.15) is 5.26 Å². The Morgan fingerprint density at radius 3 is 2.38 bits per heavy atom. The van der Waals surface area contributed by atoms with Crippen molar-refractivity contribution in [2.45, 2.75) is 139 Å². The molecule has 322 valence electrons. The number of aliphatic hydroxyl groups excluding tert-OH is 1. The maximum atomic E-state index is 13.8. The molecule has 3 N–H and O–H groups in total. The number of halogens is 1. The van der Waals surface area contributed by atoms with Crippen molar-refractivity contribution in [3.05, 3.63) is 76.2 Å². The van der Waals surface area contributed by atoms with Gasteiger partial charge in [-0.1, -0.05) is 17.7 Å². The molecule has 14 nitrogen and oxygen atoms in total. The van der Waals surface area contributed by atoms with Crippen LogP contribution in [0.2, 0.25) is 5.02 Å². The molecular weight excluding hydrogens is 796 g/mol. The lowest BCUT2D eigenvalue weighted by Crippen LogP contribution is -2.57. The molecule has 2 atom stereocenters.